The summed E-state index contributed by atoms with van der Waals surface area (Å²) in [4.78, 5) is 27.7. The third-order valence-electron chi connectivity index (χ3n) is 17.7. The van der Waals surface area contributed by atoms with Crippen molar-refractivity contribution in [2.75, 3.05) is 13.2 Å². The normalized spacial score (nSPS) is 55.5. The number of aliphatic hydroxyl groups is 9. The van der Waals surface area contributed by atoms with Crippen LogP contribution in [0.2, 0.25) is 0 Å². The predicted octanol–water partition coefficient (Wildman–Crippen LogP) is 0.352. The molecule has 0 unspecified atom stereocenters. The van der Waals surface area contributed by atoms with Gasteiger partial charge < -0.3 is 70.0 Å². The van der Waals surface area contributed by atoms with Gasteiger partial charge in [-0.1, -0.05) is 39.3 Å². The number of carboxylic acid groups (broad SMARTS) is 1. The molecule has 7 rings (SSSR count). The Morgan fingerprint density at radius 1 is 0.759 bits per heavy atom. The fourth-order valence-corrected chi connectivity index (χ4v) is 13.6. The molecule has 0 spiro atoms. The molecule has 0 bridgehead atoms. The van der Waals surface area contributed by atoms with Gasteiger partial charge in [-0.2, -0.15) is 0 Å². The van der Waals surface area contributed by atoms with E-state index in [1.807, 2.05) is 6.92 Å². The Labute approximate surface area is 339 Å². The Bertz CT molecular complexity index is 1620. The van der Waals surface area contributed by atoms with Crippen molar-refractivity contribution in [2.45, 2.75) is 172 Å². The molecule has 16 nitrogen and oxygen atoms in total. The minimum Gasteiger partial charge on any atom is -0.481 e. The third-order valence-corrected chi connectivity index (χ3v) is 17.7. The predicted molar refractivity (Wildman–Crippen MR) is 201 cm³/mol. The maximum atomic E-state index is 14.9. The van der Waals surface area contributed by atoms with Crippen molar-refractivity contribution in [1.29, 1.82) is 0 Å². The van der Waals surface area contributed by atoms with Crippen molar-refractivity contribution in [3.05, 3.63) is 11.6 Å². The fourth-order valence-electron chi connectivity index (χ4n) is 13.6. The number of fused-ring (bicyclic) bond motifs is 7. The summed E-state index contributed by atoms with van der Waals surface area (Å²) in [6.07, 6.45) is -10.6. The van der Waals surface area contributed by atoms with Crippen LogP contribution in [0.4, 0.5) is 0 Å². The lowest BCUT2D eigenvalue weighted by Crippen LogP contribution is -2.69. The van der Waals surface area contributed by atoms with Crippen LogP contribution in [-0.4, -0.2) is 149 Å². The molecule has 0 aromatic carbocycles. The van der Waals surface area contributed by atoms with Crippen molar-refractivity contribution in [1.82, 2.24) is 0 Å². The monoisotopic (exact) mass is 826 g/mol. The van der Waals surface area contributed by atoms with Crippen molar-refractivity contribution >= 4 is 11.9 Å². The van der Waals surface area contributed by atoms with Gasteiger partial charge in [0.15, 0.2) is 6.29 Å². The molecule has 6 fully saturated rings. The Morgan fingerprint density at radius 3 is 2.02 bits per heavy atom. The van der Waals surface area contributed by atoms with Gasteiger partial charge >= 0.3 is 11.9 Å². The first-order valence-electron chi connectivity index (χ1n) is 21.1. The van der Waals surface area contributed by atoms with E-state index >= 15 is 0 Å². The van der Waals surface area contributed by atoms with E-state index in [0.717, 1.165) is 5.57 Å². The van der Waals surface area contributed by atoms with Gasteiger partial charge in [-0.05, 0) is 106 Å². The van der Waals surface area contributed by atoms with Gasteiger partial charge in [0.25, 0.3) is 0 Å². The van der Waals surface area contributed by atoms with E-state index in [-0.39, 0.29) is 28.6 Å². The lowest BCUT2D eigenvalue weighted by Gasteiger charge is -2.71. The minimum atomic E-state index is -1.87. The summed E-state index contributed by atoms with van der Waals surface area (Å²) in [7, 11) is 0. The summed E-state index contributed by atoms with van der Waals surface area (Å²) < 4.78 is 22.8. The number of hydrogen-bond donors (Lipinski definition) is 10. The van der Waals surface area contributed by atoms with Crippen LogP contribution >= 0.6 is 0 Å². The number of aliphatic hydroxyl groups excluding tert-OH is 8. The molecule has 0 amide bonds. The average molecular weight is 827 g/mol. The van der Waals surface area contributed by atoms with E-state index in [0.29, 0.717) is 57.8 Å². The summed E-state index contributed by atoms with van der Waals surface area (Å²) in [5.74, 6) is -2.77. The van der Waals surface area contributed by atoms with Gasteiger partial charge in [-0.15, -0.1) is 0 Å². The molecule has 0 aromatic heterocycles. The molecule has 7 aliphatic rings. The topological polar surface area (TPSA) is 273 Å². The molecule has 0 radical (unpaired) electrons. The number of aliphatic carboxylic acids is 1. The van der Waals surface area contributed by atoms with Crippen molar-refractivity contribution in [3.8, 4) is 0 Å². The van der Waals surface area contributed by atoms with Crippen LogP contribution in [0, 0.1) is 50.7 Å². The maximum absolute atomic E-state index is 14.9. The van der Waals surface area contributed by atoms with Crippen LogP contribution in [0.3, 0.4) is 0 Å². The minimum absolute atomic E-state index is 0.0740. The highest BCUT2D eigenvalue weighted by atomic mass is 16.7. The van der Waals surface area contributed by atoms with E-state index in [2.05, 4.69) is 26.8 Å². The van der Waals surface area contributed by atoms with Crippen LogP contribution in [0.25, 0.3) is 0 Å². The Balaban J connectivity index is 1.16. The highest BCUT2D eigenvalue weighted by Crippen LogP contribution is 2.76. The molecular weight excluding hydrogens is 760 g/mol. The van der Waals surface area contributed by atoms with E-state index in [4.69, 9.17) is 18.9 Å². The van der Waals surface area contributed by atoms with Crippen molar-refractivity contribution in [2.24, 2.45) is 50.7 Å². The smallest absolute Gasteiger partial charge is 0.315 e. The number of carbonyl (C=O) groups is 2. The molecule has 330 valence electrons. The molecule has 4 saturated carbocycles. The molecule has 16 heteroatoms. The zero-order valence-corrected chi connectivity index (χ0v) is 34.4. The van der Waals surface area contributed by atoms with Gasteiger partial charge in [0.2, 0.25) is 6.29 Å². The first-order chi connectivity index (χ1) is 27.0. The number of hydrogen-bond acceptors (Lipinski definition) is 15. The highest BCUT2D eigenvalue weighted by molar-refractivity contribution is 5.79. The van der Waals surface area contributed by atoms with Crippen molar-refractivity contribution < 1.29 is 79.6 Å². The lowest BCUT2D eigenvalue weighted by molar-refractivity contribution is -0.329. The quantitative estimate of drug-likeness (QED) is 0.123. The molecule has 21 atom stereocenters. The summed E-state index contributed by atoms with van der Waals surface area (Å²) >= 11 is 0. The lowest BCUT2D eigenvalue weighted by atomic mass is 9.33. The average Bonchev–Trinajstić information content (AvgIpc) is 3.17. The van der Waals surface area contributed by atoms with Crippen LogP contribution in [0.5, 0.6) is 0 Å². The maximum Gasteiger partial charge on any atom is 0.315 e. The van der Waals surface area contributed by atoms with Gasteiger partial charge in [-0.3, -0.25) is 9.59 Å². The summed E-state index contributed by atoms with van der Waals surface area (Å²) in [6, 6.07) is 0. The zero-order chi connectivity index (χ0) is 42.7. The SMILES string of the molecule is C[C@@H]1CC[C@]2(C(=O)O[C@@H]3O[C@H](CO[C@@H]4O[C@H](CO)[C@@H](O)[C@H](O)[C@H]4O)[C@@H](O)[C@H](O)[C@H]3O)CC[C@]3(C)C(=CC[C@H]4[C@@]5(C)CC[C@H](O)[C@](C)(C(=O)O)[C@@H]5CC[C@]43C)[C@@H]2[C@]1(C)O. The molecular formula is C42H66O16. The molecule has 2 aliphatic heterocycles. The van der Waals surface area contributed by atoms with Crippen LogP contribution < -0.4 is 0 Å². The first-order valence-corrected chi connectivity index (χ1v) is 21.1. The number of allylic oxidation sites excluding steroid dienone is 1. The molecule has 0 aromatic rings. The van der Waals surface area contributed by atoms with Gasteiger partial charge in [-0.25, -0.2) is 0 Å². The Hall–Kier alpha value is -1.80. The van der Waals surface area contributed by atoms with Gasteiger partial charge in [0.05, 0.1) is 35.7 Å². The largest absolute Gasteiger partial charge is 0.481 e. The number of rotatable bonds is 7. The van der Waals surface area contributed by atoms with E-state index in [1.165, 1.54) is 0 Å². The summed E-state index contributed by atoms with van der Waals surface area (Å²) in [5, 5.41) is 107. The standard InChI is InChI=1S/C42H66O16/c1-19-9-14-42(36(53)58-34-31(50)29(48)27(46)22(57-34)18-55-33-30(49)28(47)26(45)21(17-43)56-33)16-15-38(3)20(32(42)41(19,6)54)7-8-23-37(2)12-11-25(44)40(5,35(51)52)24(37)10-13-39(23,38)4/h7,19,21-34,43-50,54H,8-18H2,1-6H3,(H,51,52)/t19-,21-,22-,23+,24-,25+,26-,27-,28+,29+,30-,31-,32-,33-,34+,37-,38-,39-,40-,41-,42+/m1/s1. The summed E-state index contributed by atoms with van der Waals surface area (Å²) in [5.41, 5.74) is -4.16. The van der Waals surface area contributed by atoms with Crippen LogP contribution in [0.1, 0.15) is 99.3 Å². The molecule has 5 aliphatic carbocycles. The zero-order valence-electron chi connectivity index (χ0n) is 34.4. The second-order valence-corrected chi connectivity index (χ2v) is 20.1. The van der Waals surface area contributed by atoms with E-state index in [1.54, 1.807) is 13.8 Å². The van der Waals surface area contributed by atoms with Crippen molar-refractivity contribution in [3.63, 3.8) is 0 Å². The van der Waals surface area contributed by atoms with Gasteiger partial charge in [0, 0.05) is 5.92 Å². The second kappa shape index (κ2) is 14.9. The molecule has 10 N–H and O–H groups in total. The Morgan fingerprint density at radius 2 is 1.38 bits per heavy atom. The van der Waals surface area contributed by atoms with E-state index < -0.39 is 120 Å². The number of carboxylic acids is 1. The van der Waals surface area contributed by atoms with E-state index in [9.17, 15) is 60.7 Å². The number of esters is 1. The fraction of sp³-hybridized carbons (Fsp3) is 0.905. The Kier molecular flexibility index (Phi) is 11.4. The molecule has 2 heterocycles. The van der Waals surface area contributed by atoms with Gasteiger partial charge in [0.1, 0.15) is 48.8 Å². The number of ether oxygens (including phenoxy) is 4. The van der Waals surface area contributed by atoms with Crippen LogP contribution in [-0.2, 0) is 28.5 Å². The molecule has 2 saturated heterocycles. The van der Waals surface area contributed by atoms with Crippen LogP contribution in [0.15, 0.2) is 11.6 Å². The third kappa shape index (κ3) is 6.13. The first kappa shape index (κ1) is 44.3. The molecule has 58 heavy (non-hydrogen) atoms. The second-order valence-electron chi connectivity index (χ2n) is 20.1. The number of carbonyl (C=O) groups excluding carboxylic acids is 1. The summed E-state index contributed by atoms with van der Waals surface area (Å²) in [6.45, 7) is 10.8. The highest BCUT2D eigenvalue weighted by Gasteiger charge is 2.73.